The Bertz CT molecular complexity index is 399. The summed E-state index contributed by atoms with van der Waals surface area (Å²) in [6.45, 7) is 3.30. The van der Waals surface area contributed by atoms with Gasteiger partial charge in [0, 0.05) is 18.8 Å². The Balaban J connectivity index is 1.52. The summed E-state index contributed by atoms with van der Waals surface area (Å²) in [5.74, 6) is 3.61. The second kappa shape index (κ2) is 5.98. The fourth-order valence-electron chi connectivity index (χ4n) is 2.92. The molecular formula is C15H22N2S. The lowest BCUT2D eigenvalue weighted by Gasteiger charge is -2.21. The molecule has 2 heterocycles. The van der Waals surface area contributed by atoms with Crippen molar-refractivity contribution in [1.82, 2.24) is 5.32 Å². The summed E-state index contributed by atoms with van der Waals surface area (Å²) >= 11 is 2.11. The van der Waals surface area contributed by atoms with E-state index >= 15 is 0 Å². The zero-order valence-electron chi connectivity index (χ0n) is 10.9. The number of benzene rings is 1. The maximum Gasteiger partial charge on any atom is 0.0419 e. The summed E-state index contributed by atoms with van der Waals surface area (Å²) in [4.78, 5) is 0. The molecule has 1 saturated heterocycles. The van der Waals surface area contributed by atoms with Gasteiger partial charge in [0.25, 0.3) is 0 Å². The molecule has 0 unspecified atom stereocenters. The van der Waals surface area contributed by atoms with Crippen LogP contribution in [0, 0.1) is 5.92 Å². The van der Waals surface area contributed by atoms with E-state index in [9.17, 15) is 0 Å². The van der Waals surface area contributed by atoms with Crippen LogP contribution in [0.4, 0.5) is 5.69 Å². The van der Waals surface area contributed by atoms with E-state index < -0.39 is 0 Å². The lowest BCUT2D eigenvalue weighted by atomic mass is 10.0. The number of thioether (sulfide) groups is 1. The van der Waals surface area contributed by atoms with Crippen molar-refractivity contribution in [3.05, 3.63) is 29.3 Å². The average Bonchev–Trinajstić information content (AvgIpc) is 2.89. The second-order valence-electron chi connectivity index (χ2n) is 5.31. The number of hydrogen-bond acceptors (Lipinski definition) is 3. The minimum absolute atomic E-state index is 0.899. The van der Waals surface area contributed by atoms with Crippen LogP contribution in [0.1, 0.15) is 24.0 Å². The Kier molecular flexibility index (Phi) is 4.11. The molecule has 1 aromatic rings. The van der Waals surface area contributed by atoms with Crippen LogP contribution in [0.3, 0.4) is 0 Å². The standard InChI is InChI=1S/C15H22N2S/c1-2-13-4-7-17-15(13)14(3-1)11-16-10-12-5-8-18-9-6-12/h1-3,12,16-17H,4-11H2. The van der Waals surface area contributed by atoms with Crippen molar-refractivity contribution in [3.8, 4) is 0 Å². The Morgan fingerprint density at radius 2 is 2.17 bits per heavy atom. The summed E-state index contributed by atoms with van der Waals surface area (Å²) in [6.07, 6.45) is 3.97. The van der Waals surface area contributed by atoms with Gasteiger partial charge in [0.1, 0.15) is 0 Å². The number of rotatable bonds is 4. The zero-order chi connectivity index (χ0) is 12.2. The molecule has 0 aliphatic carbocycles. The molecule has 3 rings (SSSR count). The van der Waals surface area contributed by atoms with Crippen LogP contribution >= 0.6 is 11.8 Å². The Labute approximate surface area is 114 Å². The minimum Gasteiger partial charge on any atom is -0.384 e. The fourth-order valence-corrected chi connectivity index (χ4v) is 4.12. The first kappa shape index (κ1) is 12.4. The second-order valence-corrected chi connectivity index (χ2v) is 6.54. The maximum absolute atomic E-state index is 3.65. The summed E-state index contributed by atoms with van der Waals surface area (Å²) in [5, 5.41) is 7.17. The van der Waals surface area contributed by atoms with Gasteiger partial charge in [0.05, 0.1) is 0 Å². The molecule has 1 fully saturated rings. The first-order valence-corrected chi connectivity index (χ1v) is 8.22. The molecule has 2 aliphatic rings. The van der Waals surface area contributed by atoms with Crippen molar-refractivity contribution in [2.24, 2.45) is 5.92 Å². The highest BCUT2D eigenvalue weighted by Gasteiger charge is 2.15. The quantitative estimate of drug-likeness (QED) is 0.872. The molecule has 0 bridgehead atoms. The van der Waals surface area contributed by atoms with Gasteiger partial charge in [-0.3, -0.25) is 0 Å². The van der Waals surface area contributed by atoms with Gasteiger partial charge in [-0.15, -0.1) is 0 Å². The highest BCUT2D eigenvalue weighted by Crippen LogP contribution is 2.26. The molecule has 2 N–H and O–H groups in total. The van der Waals surface area contributed by atoms with E-state index in [1.165, 1.54) is 54.1 Å². The SMILES string of the molecule is c1cc2c(c(CNCC3CCSCC3)c1)NCC2. The van der Waals surface area contributed by atoms with Crippen LogP contribution < -0.4 is 10.6 Å². The smallest absolute Gasteiger partial charge is 0.0419 e. The van der Waals surface area contributed by atoms with E-state index in [1.54, 1.807) is 0 Å². The van der Waals surface area contributed by atoms with Crippen molar-refractivity contribution >= 4 is 17.4 Å². The normalized spacial score (nSPS) is 19.6. The fraction of sp³-hybridized carbons (Fsp3) is 0.600. The lowest BCUT2D eigenvalue weighted by Crippen LogP contribution is -2.25. The Morgan fingerprint density at radius 3 is 3.06 bits per heavy atom. The molecule has 98 valence electrons. The van der Waals surface area contributed by atoms with E-state index in [-0.39, 0.29) is 0 Å². The molecule has 2 aliphatic heterocycles. The number of para-hydroxylation sites is 1. The molecule has 0 spiro atoms. The molecular weight excluding hydrogens is 240 g/mol. The Hall–Kier alpha value is -0.670. The van der Waals surface area contributed by atoms with Gasteiger partial charge < -0.3 is 10.6 Å². The third-order valence-electron chi connectivity index (χ3n) is 4.02. The predicted octanol–water partition coefficient (Wildman–Crippen LogP) is 2.89. The van der Waals surface area contributed by atoms with Crippen molar-refractivity contribution in [2.75, 3.05) is 29.9 Å². The van der Waals surface area contributed by atoms with Gasteiger partial charge in [-0.25, -0.2) is 0 Å². The molecule has 3 heteroatoms. The van der Waals surface area contributed by atoms with Crippen LogP contribution in [-0.2, 0) is 13.0 Å². The summed E-state index contributed by atoms with van der Waals surface area (Å²) in [7, 11) is 0. The van der Waals surface area contributed by atoms with Crippen molar-refractivity contribution in [3.63, 3.8) is 0 Å². The number of anilines is 1. The van der Waals surface area contributed by atoms with Gasteiger partial charge in [-0.2, -0.15) is 11.8 Å². The van der Waals surface area contributed by atoms with Crippen LogP contribution in [-0.4, -0.2) is 24.6 Å². The predicted molar refractivity (Wildman–Crippen MR) is 80.4 cm³/mol. The van der Waals surface area contributed by atoms with Crippen LogP contribution in [0.15, 0.2) is 18.2 Å². The van der Waals surface area contributed by atoms with E-state index in [1.807, 2.05) is 0 Å². The molecule has 0 aromatic heterocycles. The van der Waals surface area contributed by atoms with Crippen LogP contribution in [0.5, 0.6) is 0 Å². The van der Waals surface area contributed by atoms with Gasteiger partial charge in [-0.05, 0) is 54.4 Å². The minimum atomic E-state index is 0.899. The molecule has 0 amide bonds. The van der Waals surface area contributed by atoms with Crippen molar-refractivity contribution < 1.29 is 0 Å². The monoisotopic (exact) mass is 262 g/mol. The van der Waals surface area contributed by atoms with Gasteiger partial charge in [-0.1, -0.05) is 18.2 Å². The van der Waals surface area contributed by atoms with Crippen LogP contribution in [0.2, 0.25) is 0 Å². The third kappa shape index (κ3) is 2.83. The van der Waals surface area contributed by atoms with Crippen molar-refractivity contribution in [1.29, 1.82) is 0 Å². The molecule has 0 saturated carbocycles. The van der Waals surface area contributed by atoms with E-state index in [2.05, 4.69) is 40.6 Å². The molecule has 18 heavy (non-hydrogen) atoms. The van der Waals surface area contributed by atoms with Crippen molar-refractivity contribution in [2.45, 2.75) is 25.8 Å². The molecule has 0 atom stereocenters. The van der Waals surface area contributed by atoms with E-state index in [0.29, 0.717) is 0 Å². The number of nitrogens with one attached hydrogen (secondary N) is 2. The summed E-state index contributed by atoms with van der Waals surface area (Å²) in [5.41, 5.74) is 4.32. The summed E-state index contributed by atoms with van der Waals surface area (Å²) in [6, 6.07) is 6.69. The number of fused-ring (bicyclic) bond motifs is 1. The Morgan fingerprint density at radius 1 is 1.28 bits per heavy atom. The van der Waals surface area contributed by atoms with Crippen LogP contribution in [0.25, 0.3) is 0 Å². The van der Waals surface area contributed by atoms with Gasteiger partial charge in [0.15, 0.2) is 0 Å². The lowest BCUT2D eigenvalue weighted by molar-refractivity contribution is 0.448. The zero-order valence-corrected chi connectivity index (χ0v) is 11.7. The molecule has 2 nitrogen and oxygen atoms in total. The van der Waals surface area contributed by atoms with E-state index in [0.717, 1.165) is 19.0 Å². The first-order valence-electron chi connectivity index (χ1n) is 7.06. The average molecular weight is 262 g/mol. The topological polar surface area (TPSA) is 24.1 Å². The molecule has 0 radical (unpaired) electrons. The highest BCUT2D eigenvalue weighted by molar-refractivity contribution is 7.99. The summed E-state index contributed by atoms with van der Waals surface area (Å²) < 4.78 is 0. The largest absolute Gasteiger partial charge is 0.384 e. The first-order chi connectivity index (χ1) is 8.93. The number of hydrogen-bond donors (Lipinski definition) is 2. The molecule has 1 aromatic carbocycles. The maximum atomic E-state index is 3.65. The van der Waals surface area contributed by atoms with Gasteiger partial charge in [0.2, 0.25) is 0 Å². The third-order valence-corrected chi connectivity index (χ3v) is 5.07. The van der Waals surface area contributed by atoms with Gasteiger partial charge >= 0.3 is 0 Å². The van der Waals surface area contributed by atoms with E-state index in [4.69, 9.17) is 0 Å². The highest BCUT2D eigenvalue weighted by atomic mass is 32.2.